The standard InChI is InChI=1S/C18H25ClFN/c1-12(2)13(3)16(11-21-15-6-4-5-7-15)14-8-9-17(19)18(20)10-14/h8-10,12,15-16,21H,3-7,11H2,1-2H3/t16-/m0/s1. The summed E-state index contributed by atoms with van der Waals surface area (Å²) in [5, 5.41) is 3.81. The van der Waals surface area contributed by atoms with Crippen molar-refractivity contribution < 1.29 is 4.39 Å². The van der Waals surface area contributed by atoms with Gasteiger partial charge in [-0.15, -0.1) is 0 Å². The fourth-order valence-electron chi connectivity index (χ4n) is 3.01. The number of hydrogen-bond acceptors (Lipinski definition) is 1. The van der Waals surface area contributed by atoms with Crippen molar-refractivity contribution in [3.63, 3.8) is 0 Å². The van der Waals surface area contributed by atoms with Crippen LogP contribution in [0.3, 0.4) is 0 Å². The molecule has 1 aliphatic carbocycles. The quantitative estimate of drug-likeness (QED) is 0.702. The van der Waals surface area contributed by atoms with E-state index < -0.39 is 0 Å². The van der Waals surface area contributed by atoms with Crippen molar-refractivity contribution in [2.75, 3.05) is 6.54 Å². The summed E-state index contributed by atoms with van der Waals surface area (Å²) < 4.78 is 13.8. The number of nitrogens with one attached hydrogen (secondary N) is 1. The maximum Gasteiger partial charge on any atom is 0.142 e. The van der Waals surface area contributed by atoms with Gasteiger partial charge in [0.05, 0.1) is 5.02 Å². The molecule has 21 heavy (non-hydrogen) atoms. The van der Waals surface area contributed by atoms with Gasteiger partial charge in [-0.3, -0.25) is 0 Å². The topological polar surface area (TPSA) is 12.0 Å². The monoisotopic (exact) mass is 309 g/mol. The smallest absolute Gasteiger partial charge is 0.142 e. The van der Waals surface area contributed by atoms with Gasteiger partial charge in [-0.1, -0.05) is 56.5 Å². The molecule has 0 spiro atoms. The molecule has 1 atom stereocenters. The zero-order chi connectivity index (χ0) is 15.4. The molecular formula is C18H25ClFN. The van der Waals surface area contributed by atoms with Gasteiger partial charge in [0.1, 0.15) is 5.82 Å². The van der Waals surface area contributed by atoms with Crippen molar-refractivity contribution in [2.24, 2.45) is 5.92 Å². The van der Waals surface area contributed by atoms with Crippen LogP contribution in [0.15, 0.2) is 30.4 Å². The third-order valence-electron chi connectivity index (χ3n) is 4.50. The minimum atomic E-state index is -0.350. The summed E-state index contributed by atoms with van der Waals surface area (Å²) in [6.07, 6.45) is 5.11. The lowest BCUT2D eigenvalue weighted by atomic mass is 9.85. The molecule has 116 valence electrons. The van der Waals surface area contributed by atoms with Crippen LogP contribution in [0.1, 0.15) is 51.0 Å². The lowest BCUT2D eigenvalue weighted by Gasteiger charge is -2.25. The van der Waals surface area contributed by atoms with E-state index in [0.717, 1.165) is 17.7 Å². The van der Waals surface area contributed by atoms with Gasteiger partial charge in [0.2, 0.25) is 0 Å². The SMILES string of the molecule is C=C(C(C)C)[C@H](CNC1CCCC1)c1ccc(Cl)c(F)c1. The average molecular weight is 310 g/mol. The summed E-state index contributed by atoms with van der Waals surface area (Å²) in [5.41, 5.74) is 2.10. The van der Waals surface area contributed by atoms with Crippen molar-refractivity contribution in [3.05, 3.63) is 46.8 Å². The molecule has 2 rings (SSSR count). The molecule has 1 fully saturated rings. The lowest BCUT2D eigenvalue weighted by molar-refractivity contribution is 0.492. The van der Waals surface area contributed by atoms with Crippen molar-refractivity contribution >= 4 is 11.6 Å². The van der Waals surface area contributed by atoms with Crippen LogP contribution in [0.2, 0.25) is 5.02 Å². The molecule has 0 radical (unpaired) electrons. The van der Waals surface area contributed by atoms with E-state index >= 15 is 0 Å². The van der Waals surface area contributed by atoms with Gasteiger partial charge in [-0.05, 0) is 36.5 Å². The third-order valence-corrected chi connectivity index (χ3v) is 4.81. The van der Waals surface area contributed by atoms with Crippen LogP contribution < -0.4 is 5.32 Å². The maximum atomic E-state index is 13.8. The summed E-state index contributed by atoms with van der Waals surface area (Å²) in [7, 11) is 0. The van der Waals surface area contributed by atoms with E-state index in [-0.39, 0.29) is 16.8 Å². The van der Waals surface area contributed by atoms with Crippen molar-refractivity contribution in [1.82, 2.24) is 5.32 Å². The Hall–Kier alpha value is -0.860. The molecule has 1 aromatic rings. The Morgan fingerprint density at radius 3 is 2.62 bits per heavy atom. The van der Waals surface area contributed by atoms with Gasteiger partial charge in [-0.25, -0.2) is 4.39 Å². The van der Waals surface area contributed by atoms with Gasteiger partial charge in [0, 0.05) is 18.5 Å². The number of halogens is 2. The fourth-order valence-corrected chi connectivity index (χ4v) is 3.13. The van der Waals surface area contributed by atoms with Crippen LogP contribution in [-0.2, 0) is 0 Å². The van der Waals surface area contributed by atoms with E-state index in [9.17, 15) is 4.39 Å². The normalized spacial score (nSPS) is 17.4. The largest absolute Gasteiger partial charge is 0.313 e. The maximum absolute atomic E-state index is 13.8. The molecule has 0 unspecified atom stereocenters. The van der Waals surface area contributed by atoms with Crippen molar-refractivity contribution in [2.45, 2.75) is 51.5 Å². The van der Waals surface area contributed by atoms with Crippen LogP contribution in [0, 0.1) is 11.7 Å². The molecule has 0 aromatic heterocycles. The van der Waals surface area contributed by atoms with Crippen LogP contribution >= 0.6 is 11.6 Å². The van der Waals surface area contributed by atoms with E-state index in [1.807, 2.05) is 6.07 Å². The molecule has 1 N–H and O–H groups in total. The average Bonchev–Trinajstić information content (AvgIpc) is 2.95. The van der Waals surface area contributed by atoms with Gasteiger partial charge in [0.25, 0.3) is 0 Å². The summed E-state index contributed by atoms with van der Waals surface area (Å²) in [4.78, 5) is 0. The Bertz CT molecular complexity index is 492. The highest BCUT2D eigenvalue weighted by Gasteiger charge is 2.21. The Morgan fingerprint density at radius 1 is 1.38 bits per heavy atom. The Labute approximate surface area is 132 Å². The van der Waals surface area contributed by atoms with Crippen LogP contribution in [0.4, 0.5) is 4.39 Å². The molecule has 1 saturated carbocycles. The highest BCUT2D eigenvalue weighted by molar-refractivity contribution is 6.30. The first-order valence-electron chi connectivity index (χ1n) is 7.86. The summed E-state index contributed by atoms with van der Waals surface area (Å²) in [5.74, 6) is 0.160. The molecule has 1 aromatic carbocycles. The van der Waals surface area contributed by atoms with E-state index in [4.69, 9.17) is 11.6 Å². The first-order chi connectivity index (χ1) is 9.99. The number of rotatable bonds is 6. The van der Waals surface area contributed by atoms with Crippen molar-refractivity contribution in [1.29, 1.82) is 0 Å². The van der Waals surface area contributed by atoms with E-state index in [1.165, 1.54) is 25.7 Å². The minimum absolute atomic E-state index is 0.136. The highest BCUT2D eigenvalue weighted by Crippen LogP contribution is 2.30. The van der Waals surface area contributed by atoms with E-state index in [1.54, 1.807) is 12.1 Å². The first kappa shape index (κ1) is 16.5. The van der Waals surface area contributed by atoms with Gasteiger partial charge in [0.15, 0.2) is 0 Å². The molecule has 1 nitrogen and oxygen atoms in total. The summed E-state index contributed by atoms with van der Waals surface area (Å²) in [6.45, 7) is 9.33. The van der Waals surface area contributed by atoms with Crippen LogP contribution in [0.5, 0.6) is 0 Å². The van der Waals surface area contributed by atoms with Gasteiger partial charge < -0.3 is 5.32 Å². The highest BCUT2D eigenvalue weighted by atomic mass is 35.5. The Morgan fingerprint density at radius 2 is 2.05 bits per heavy atom. The predicted molar refractivity (Wildman–Crippen MR) is 88.4 cm³/mol. The number of hydrogen-bond donors (Lipinski definition) is 1. The molecule has 0 heterocycles. The zero-order valence-corrected chi connectivity index (χ0v) is 13.7. The van der Waals surface area contributed by atoms with E-state index in [0.29, 0.717) is 12.0 Å². The second-order valence-electron chi connectivity index (χ2n) is 6.35. The minimum Gasteiger partial charge on any atom is -0.313 e. The molecule has 0 saturated heterocycles. The van der Waals surface area contributed by atoms with Gasteiger partial charge >= 0.3 is 0 Å². The van der Waals surface area contributed by atoms with E-state index in [2.05, 4.69) is 25.7 Å². The van der Waals surface area contributed by atoms with Crippen molar-refractivity contribution in [3.8, 4) is 0 Å². The Kier molecular flexibility index (Phi) is 5.83. The first-order valence-corrected chi connectivity index (χ1v) is 8.24. The number of benzene rings is 1. The molecule has 3 heteroatoms. The zero-order valence-electron chi connectivity index (χ0n) is 13.0. The second-order valence-corrected chi connectivity index (χ2v) is 6.75. The van der Waals surface area contributed by atoms with Gasteiger partial charge in [-0.2, -0.15) is 0 Å². The molecule has 0 bridgehead atoms. The summed E-state index contributed by atoms with van der Waals surface area (Å²) >= 11 is 5.80. The van der Waals surface area contributed by atoms with Crippen LogP contribution in [0.25, 0.3) is 0 Å². The molecular weight excluding hydrogens is 285 g/mol. The molecule has 1 aliphatic rings. The molecule has 0 amide bonds. The second kappa shape index (κ2) is 7.42. The predicted octanol–water partition coefficient (Wildman–Crippen LogP) is 5.31. The third kappa shape index (κ3) is 4.31. The van der Waals surface area contributed by atoms with Crippen LogP contribution in [-0.4, -0.2) is 12.6 Å². The Balaban J connectivity index is 2.14. The fraction of sp³-hybridized carbons (Fsp3) is 0.556. The molecule has 0 aliphatic heterocycles. The lowest BCUT2D eigenvalue weighted by Crippen LogP contribution is -2.31. The summed E-state index contributed by atoms with van der Waals surface area (Å²) in [6, 6.07) is 5.71.